The van der Waals surface area contributed by atoms with Gasteiger partial charge in [-0.3, -0.25) is 18.6 Å². The fraction of sp³-hybridized carbons (Fsp3) is 0.745. The van der Waals surface area contributed by atoms with Gasteiger partial charge in [0.25, 0.3) is 0 Å². The van der Waals surface area contributed by atoms with Crippen LogP contribution in [0, 0.1) is 0 Å². The third-order valence-electron chi connectivity index (χ3n) is 9.47. The van der Waals surface area contributed by atoms with Crippen LogP contribution in [0.25, 0.3) is 0 Å². The number of unbranched alkanes of at least 4 members (excludes halogenated alkanes) is 22. The molecule has 0 rings (SSSR count). The monoisotopic (exact) mass is 822 g/mol. The number of esters is 2. The molecule has 9 nitrogen and oxygen atoms in total. The Balaban J connectivity index is 4.22. The molecule has 3 N–H and O–H groups in total. The molecule has 2 unspecified atom stereocenters. The van der Waals surface area contributed by atoms with E-state index in [9.17, 15) is 19.0 Å². The van der Waals surface area contributed by atoms with E-state index in [4.69, 9.17) is 24.3 Å². The molecule has 2 atom stereocenters. The number of ether oxygens (including phenoxy) is 2. The maximum atomic E-state index is 12.6. The number of allylic oxidation sites excluding steroid dienone is 10. The van der Waals surface area contributed by atoms with Crippen LogP contribution in [0.1, 0.15) is 194 Å². The molecule has 0 amide bonds. The highest BCUT2D eigenvalue weighted by molar-refractivity contribution is 7.47. The van der Waals surface area contributed by atoms with E-state index in [2.05, 4.69) is 68.5 Å². The van der Waals surface area contributed by atoms with E-state index >= 15 is 0 Å². The molecule has 57 heavy (non-hydrogen) atoms. The summed E-state index contributed by atoms with van der Waals surface area (Å²) in [5, 5.41) is 0. The van der Waals surface area contributed by atoms with Crippen molar-refractivity contribution in [3.63, 3.8) is 0 Å². The molecule has 10 heteroatoms. The highest BCUT2D eigenvalue weighted by Gasteiger charge is 2.26. The second-order valence-corrected chi connectivity index (χ2v) is 16.5. The number of phosphoric ester groups is 1. The molecule has 0 heterocycles. The summed E-state index contributed by atoms with van der Waals surface area (Å²) >= 11 is 0. The molecule has 0 radical (unpaired) electrons. The standard InChI is InChI=1S/C47H84NO8P/c1-3-5-7-9-11-13-15-17-19-20-21-22-23-24-26-28-30-32-34-36-38-40-47(50)56-45(44-55-57(51,52)54-42-41-48)43-53-46(49)39-37-35-33-31-29-27-25-18-16-14-12-10-8-6-4-2/h17-26,45H,3-16,27-44,48H2,1-2H3,(H,51,52). The van der Waals surface area contributed by atoms with Gasteiger partial charge in [-0.05, 0) is 64.2 Å². The lowest BCUT2D eigenvalue weighted by molar-refractivity contribution is -0.161. The van der Waals surface area contributed by atoms with Crippen LogP contribution in [0.15, 0.2) is 60.8 Å². The van der Waals surface area contributed by atoms with Crippen LogP contribution in [0.3, 0.4) is 0 Å². The first-order chi connectivity index (χ1) is 27.8. The van der Waals surface area contributed by atoms with Crippen molar-refractivity contribution in [2.75, 3.05) is 26.4 Å². The maximum absolute atomic E-state index is 12.6. The molecular formula is C47H84NO8P. The Morgan fingerprint density at radius 3 is 1.40 bits per heavy atom. The molecule has 0 aromatic heterocycles. The third kappa shape index (κ3) is 43.1. The Morgan fingerprint density at radius 2 is 0.930 bits per heavy atom. The topological polar surface area (TPSA) is 134 Å². The third-order valence-corrected chi connectivity index (χ3v) is 10.5. The van der Waals surface area contributed by atoms with E-state index in [0.717, 1.165) is 77.0 Å². The summed E-state index contributed by atoms with van der Waals surface area (Å²) < 4.78 is 32.8. The summed E-state index contributed by atoms with van der Waals surface area (Å²) in [6.45, 7) is 3.68. The molecule has 0 saturated carbocycles. The minimum atomic E-state index is -4.39. The van der Waals surface area contributed by atoms with Crippen molar-refractivity contribution in [1.82, 2.24) is 0 Å². The molecule has 0 aromatic rings. The Morgan fingerprint density at radius 1 is 0.526 bits per heavy atom. The van der Waals surface area contributed by atoms with Crippen molar-refractivity contribution in [2.45, 2.75) is 200 Å². The van der Waals surface area contributed by atoms with Crippen molar-refractivity contribution in [2.24, 2.45) is 5.73 Å². The first kappa shape index (κ1) is 54.7. The van der Waals surface area contributed by atoms with Crippen molar-refractivity contribution < 1.29 is 37.6 Å². The Kier molecular flexibility index (Phi) is 41.6. The van der Waals surface area contributed by atoms with Crippen LogP contribution >= 0.6 is 7.82 Å². The van der Waals surface area contributed by atoms with E-state index in [0.29, 0.717) is 6.42 Å². The van der Waals surface area contributed by atoms with Gasteiger partial charge in [-0.2, -0.15) is 0 Å². The molecule has 0 fully saturated rings. The highest BCUT2D eigenvalue weighted by Crippen LogP contribution is 2.43. The quantitative estimate of drug-likeness (QED) is 0.0203. The van der Waals surface area contributed by atoms with Crippen LogP contribution in [0.2, 0.25) is 0 Å². The zero-order chi connectivity index (χ0) is 41.8. The smallest absolute Gasteiger partial charge is 0.462 e. The molecular weight excluding hydrogens is 737 g/mol. The summed E-state index contributed by atoms with van der Waals surface area (Å²) in [5.41, 5.74) is 5.35. The molecule has 0 aliphatic heterocycles. The number of carbonyl (C=O) groups is 2. The Labute approximate surface area is 349 Å². The zero-order valence-corrected chi connectivity index (χ0v) is 37.2. The molecule has 0 saturated heterocycles. The van der Waals surface area contributed by atoms with Gasteiger partial charge in [-0.1, -0.05) is 177 Å². The lowest BCUT2D eigenvalue weighted by Crippen LogP contribution is -2.29. The number of hydrogen-bond donors (Lipinski definition) is 2. The minimum Gasteiger partial charge on any atom is -0.462 e. The first-order valence-corrected chi connectivity index (χ1v) is 24.3. The lowest BCUT2D eigenvalue weighted by Gasteiger charge is -2.19. The number of nitrogens with two attached hydrogens (primary N) is 1. The van der Waals surface area contributed by atoms with E-state index in [-0.39, 0.29) is 32.6 Å². The summed E-state index contributed by atoms with van der Waals surface area (Å²) in [6, 6.07) is 0. The van der Waals surface area contributed by atoms with Crippen LogP contribution in [0.5, 0.6) is 0 Å². The van der Waals surface area contributed by atoms with Gasteiger partial charge in [0.05, 0.1) is 13.2 Å². The van der Waals surface area contributed by atoms with Crippen LogP contribution in [0.4, 0.5) is 0 Å². The second kappa shape index (κ2) is 43.3. The zero-order valence-electron chi connectivity index (χ0n) is 36.3. The predicted molar refractivity (Wildman–Crippen MR) is 238 cm³/mol. The normalized spacial score (nSPS) is 13.8. The summed E-state index contributed by atoms with van der Waals surface area (Å²) in [5.74, 6) is -0.866. The first-order valence-electron chi connectivity index (χ1n) is 22.8. The minimum absolute atomic E-state index is 0.0455. The SMILES string of the molecule is CCCCCCCCC=CC=CC=CC=CCCCCCCCC(=O)OC(COC(=O)CCCCCCCC=CCCCCCCCC)COP(=O)(O)OCCN. The van der Waals surface area contributed by atoms with Crippen molar-refractivity contribution >= 4 is 19.8 Å². The lowest BCUT2D eigenvalue weighted by atomic mass is 10.1. The van der Waals surface area contributed by atoms with Crippen molar-refractivity contribution in [1.29, 1.82) is 0 Å². The van der Waals surface area contributed by atoms with E-state index < -0.39 is 32.5 Å². The molecule has 0 aliphatic carbocycles. The molecule has 0 bridgehead atoms. The van der Waals surface area contributed by atoms with Gasteiger partial charge in [0.1, 0.15) is 6.61 Å². The highest BCUT2D eigenvalue weighted by atomic mass is 31.2. The molecule has 330 valence electrons. The number of carbonyl (C=O) groups excluding carboxylic acids is 2. The Bertz CT molecular complexity index is 1120. The van der Waals surface area contributed by atoms with E-state index in [1.807, 2.05) is 6.08 Å². The number of hydrogen-bond acceptors (Lipinski definition) is 8. The van der Waals surface area contributed by atoms with Crippen LogP contribution in [-0.4, -0.2) is 49.3 Å². The number of phosphoric acid groups is 1. The summed E-state index contributed by atoms with van der Waals surface area (Å²) in [4.78, 5) is 34.9. The van der Waals surface area contributed by atoms with Gasteiger partial charge in [0, 0.05) is 19.4 Å². The van der Waals surface area contributed by atoms with E-state index in [1.165, 1.54) is 83.5 Å². The second-order valence-electron chi connectivity index (χ2n) is 15.0. The fourth-order valence-corrected chi connectivity index (χ4v) is 6.82. The average Bonchev–Trinajstić information content (AvgIpc) is 3.20. The predicted octanol–water partition coefficient (Wildman–Crippen LogP) is 13.3. The van der Waals surface area contributed by atoms with E-state index in [1.54, 1.807) is 0 Å². The molecule has 0 aliphatic rings. The van der Waals surface area contributed by atoms with Gasteiger partial charge >= 0.3 is 19.8 Å². The number of rotatable bonds is 42. The largest absolute Gasteiger partial charge is 0.472 e. The van der Waals surface area contributed by atoms with Crippen molar-refractivity contribution in [3.05, 3.63) is 60.8 Å². The van der Waals surface area contributed by atoms with Crippen LogP contribution in [-0.2, 0) is 32.7 Å². The summed E-state index contributed by atoms with van der Waals surface area (Å²) in [7, 11) is -4.39. The summed E-state index contributed by atoms with van der Waals surface area (Å²) in [6.07, 6.45) is 51.0. The Hall–Kier alpha value is -2.29. The van der Waals surface area contributed by atoms with Gasteiger partial charge in [-0.25, -0.2) is 4.57 Å². The van der Waals surface area contributed by atoms with Crippen LogP contribution < -0.4 is 5.73 Å². The van der Waals surface area contributed by atoms with Gasteiger partial charge < -0.3 is 20.1 Å². The van der Waals surface area contributed by atoms with Gasteiger partial charge in [-0.15, -0.1) is 0 Å². The fourth-order valence-electron chi connectivity index (χ4n) is 6.05. The van der Waals surface area contributed by atoms with Gasteiger partial charge in [0.15, 0.2) is 6.10 Å². The average molecular weight is 822 g/mol. The van der Waals surface area contributed by atoms with Gasteiger partial charge in [0.2, 0.25) is 0 Å². The van der Waals surface area contributed by atoms with Crippen molar-refractivity contribution in [3.8, 4) is 0 Å². The molecule has 0 spiro atoms. The molecule has 0 aromatic carbocycles. The maximum Gasteiger partial charge on any atom is 0.472 e.